The third-order valence-electron chi connectivity index (χ3n) is 7.13. The van der Waals surface area contributed by atoms with Crippen molar-refractivity contribution in [1.82, 2.24) is 0 Å². The highest BCUT2D eigenvalue weighted by Crippen LogP contribution is 2.66. The second kappa shape index (κ2) is 8.83. The van der Waals surface area contributed by atoms with Crippen LogP contribution in [0.1, 0.15) is 20.9 Å². The van der Waals surface area contributed by atoms with Crippen molar-refractivity contribution in [2.75, 3.05) is 0 Å². The van der Waals surface area contributed by atoms with Crippen molar-refractivity contribution < 1.29 is 26.3 Å². The van der Waals surface area contributed by atoms with E-state index in [4.69, 9.17) is 0 Å². The summed E-state index contributed by atoms with van der Waals surface area (Å²) in [4.78, 5) is 1.58. The third kappa shape index (κ3) is 3.79. The van der Waals surface area contributed by atoms with Gasteiger partial charge < -0.3 is 0 Å². The molecule has 0 nitrogen and oxygen atoms in total. The minimum absolute atomic E-state index is 0.259. The van der Waals surface area contributed by atoms with Gasteiger partial charge in [0.1, 0.15) is 0 Å². The van der Waals surface area contributed by atoms with Gasteiger partial charge in [0.15, 0.2) is 0 Å². The quantitative estimate of drug-likeness (QED) is 0.189. The first-order chi connectivity index (χ1) is 18.4. The van der Waals surface area contributed by atoms with Crippen molar-refractivity contribution in [2.45, 2.75) is 31.6 Å². The number of hydrogen-bond acceptors (Lipinski definition) is 2. The molecule has 0 N–H and O–H groups in total. The highest BCUT2D eigenvalue weighted by molar-refractivity contribution is 7.16. The number of alkyl halides is 6. The number of allylic oxidation sites excluding steroid dienone is 2. The Labute approximate surface area is 228 Å². The molecule has 0 aliphatic heterocycles. The topological polar surface area (TPSA) is 0 Å². The van der Waals surface area contributed by atoms with Crippen LogP contribution in [-0.2, 0) is 0 Å². The Balaban J connectivity index is 1.58. The fourth-order valence-electron chi connectivity index (χ4n) is 5.12. The van der Waals surface area contributed by atoms with Crippen LogP contribution < -0.4 is 0 Å². The van der Waals surface area contributed by atoms with E-state index >= 15 is 17.6 Å². The largest absolute Gasteiger partial charge is 0.380 e. The maximum Gasteiger partial charge on any atom is 0.380 e. The van der Waals surface area contributed by atoms with Gasteiger partial charge in [-0.25, -0.2) is 0 Å². The molecule has 0 saturated heterocycles. The summed E-state index contributed by atoms with van der Waals surface area (Å²) in [6, 6.07) is 24.6. The SMILES string of the molecule is Cc1sc(-c2ccccc2)cc1C1=C(c2cc(-c3ccc4ccccc4c3)sc2C)C(F)(F)C(F)(F)C1(F)F. The van der Waals surface area contributed by atoms with E-state index in [2.05, 4.69) is 0 Å². The van der Waals surface area contributed by atoms with Crippen LogP contribution in [0.4, 0.5) is 26.3 Å². The summed E-state index contributed by atoms with van der Waals surface area (Å²) in [7, 11) is 0. The molecule has 0 unspecified atom stereocenters. The van der Waals surface area contributed by atoms with E-state index in [9.17, 15) is 8.78 Å². The molecule has 0 amide bonds. The number of fused-ring (bicyclic) bond motifs is 1. The minimum atomic E-state index is -5.59. The molecule has 2 heterocycles. The van der Waals surface area contributed by atoms with Crippen LogP contribution in [0.5, 0.6) is 0 Å². The van der Waals surface area contributed by atoms with Gasteiger partial charge in [-0.2, -0.15) is 26.3 Å². The van der Waals surface area contributed by atoms with Crippen LogP contribution in [0.2, 0.25) is 0 Å². The van der Waals surface area contributed by atoms with Gasteiger partial charge in [0, 0.05) is 30.7 Å². The second-order valence-corrected chi connectivity index (χ2v) is 12.1. The predicted molar refractivity (Wildman–Crippen MR) is 148 cm³/mol. The molecular formula is C31H20F6S2. The van der Waals surface area contributed by atoms with Crippen LogP contribution in [-0.4, -0.2) is 17.8 Å². The summed E-state index contributed by atoms with van der Waals surface area (Å²) in [5.41, 5.74) is -1.81. The number of rotatable bonds is 4. The Kier molecular flexibility index (Phi) is 5.86. The van der Waals surface area contributed by atoms with E-state index in [0.717, 1.165) is 33.4 Å². The average Bonchev–Trinajstić information content (AvgIpc) is 3.51. The molecule has 6 rings (SSSR count). The molecule has 39 heavy (non-hydrogen) atoms. The molecule has 198 valence electrons. The molecule has 0 atom stereocenters. The first kappa shape index (κ1) is 25.9. The molecule has 1 aliphatic rings. The van der Waals surface area contributed by atoms with Crippen LogP contribution in [0.3, 0.4) is 0 Å². The first-order valence-electron chi connectivity index (χ1n) is 12.1. The summed E-state index contributed by atoms with van der Waals surface area (Å²) in [6.07, 6.45) is 0. The molecule has 8 heteroatoms. The van der Waals surface area contributed by atoms with Gasteiger partial charge in [-0.15, -0.1) is 22.7 Å². The Bertz CT molecular complexity index is 1760. The molecule has 0 saturated carbocycles. The zero-order valence-corrected chi connectivity index (χ0v) is 22.3. The summed E-state index contributed by atoms with van der Waals surface area (Å²) < 4.78 is 91.7. The van der Waals surface area contributed by atoms with Crippen molar-refractivity contribution in [3.8, 4) is 20.9 Å². The van der Waals surface area contributed by atoms with Crippen LogP contribution in [0.25, 0.3) is 42.8 Å². The van der Waals surface area contributed by atoms with Gasteiger partial charge in [0.05, 0.1) is 0 Å². The number of aryl methyl sites for hydroxylation is 2. The van der Waals surface area contributed by atoms with Gasteiger partial charge in [-0.05, 0) is 65.1 Å². The standard InChI is InChI=1S/C31H20F6S2/c1-17-23(15-25(38-17)20-9-4-3-5-10-20)27-28(30(34,35)31(36,37)29(27,32)33)24-16-26(39-18(24)2)22-13-12-19-8-6-7-11-21(19)14-22/h3-16H,1-2H3. The van der Waals surface area contributed by atoms with E-state index in [0.29, 0.717) is 20.9 Å². The second-order valence-electron chi connectivity index (χ2n) is 9.56. The lowest BCUT2D eigenvalue weighted by Crippen LogP contribution is -2.48. The Morgan fingerprint density at radius 3 is 1.56 bits per heavy atom. The van der Waals surface area contributed by atoms with E-state index in [1.807, 2.05) is 36.4 Å². The molecule has 1 aliphatic carbocycles. The lowest BCUT2D eigenvalue weighted by atomic mass is 9.94. The maximum atomic E-state index is 15.5. The predicted octanol–water partition coefficient (Wildman–Crippen LogP) is 10.7. The molecule has 0 fully saturated rings. The average molecular weight is 571 g/mol. The summed E-state index contributed by atoms with van der Waals surface area (Å²) in [5, 5.41) is 1.89. The van der Waals surface area contributed by atoms with Crippen molar-refractivity contribution in [2.24, 2.45) is 0 Å². The third-order valence-corrected chi connectivity index (χ3v) is 9.33. The number of halogens is 6. The summed E-state index contributed by atoms with van der Waals surface area (Å²) in [6.45, 7) is 2.98. The fourth-order valence-corrected chi connectivity index (χ4v) is 7.18. The molecule has 2 aromatic heterocycles. The summed E-state index contributed by atoms with van der Waals surface area (Å²) in [5.74, 6) is -15.8. The van der Waals surface area contributed by atoms with E-state index < -0.39 is 28.9 Å². The first-order valence-corrected chi connectivity index (χ1v) is 13.7. The zero-order chi connectivity index (χ0) is 27.7. The van der Waals surface area contributed by atoms with E-state index in [1.54, 1.807) is 36.4 Å². The van der Waals surface area contributed by atoms with Crippen molar-refractivity contribution in [3.63, 3.8) is 0 Å². The van der Waals surface area contributed by atoms with Gasteiger partial charge in [-0.1, -0.05) is 66.7 Å². The van der Waals surface area contributed by atoms with Gasteiger partial charge in [0.2, 0.25) is 0 Å². The fraction of sp³-hybridized carbons (Fsp3) is 0.161. The van der Waals surface area contributed by atoms with Gasteiger partial charge in [0.25, 0.3) is 0 Å². The van der Waals surface area contributed by atoms with Gasteiger partial charge in [-0.3, -0.25) is 0 Å². The molecule has 0 bridgehead atoms. The molecule has 3 aromatic carbocycles. The summed E-state index contributed by atoms with van der Waals surface area (Å²) >= 11 is 2.22. The Hall–Kier alpha value is -3.36. The number of benzene rings is 3. The number of thiophene rings is 2. The lowest BCUT2D eigenvalue weighted by molar-refractivity contribution is -0.254. The maximum absolute atomic E-state index is 15.5. The molecule has 0 radical (unpaired) electrons. The zero-order valence-electron chi connectivity index (χ0n) is 20.7. The van der Waals surface area contributed by atoms with Crippen LogP contribution in [0, 0.1) is 13.8 Å². The monoisotopic (exact) mass is 570 g/mol. The normalized spacial score (nSPS) is 17.7. The van der Waals surface area contributed by atoms with E-state index in [-0.39, 0.29) is 20.9 Å². The lowest BCUT2D eigenvalue weighted by Gasteiger charge is -2.25. The molecular weight excluding hydrogens is 550 g/mol. The Morgan fingerprint density at radius 2 is 1.00 bits per heavy atom. The van der Waals surface area contributed by atoms with Crippen molar-refractivity contribution in [1.29, 1.82) is 0 Å². The van der Waals surface area contributed by atoms with E-state index in [1.165, 1.54) is 26.0 Å². The highest BCUT2D eigenvalue weighted by atomic mass is 32.1. The van der Waals surface area contributed by atoms with Crippen molar-refractivity contribution >= 4 is 44.6 Å². The smallest absolute Gasteiger partial charge is 0.194 e. The molecule has 5 aromatic rings. The number of hydrogen-bond donors (Lipinski definition) is 0. The Morgan fingerprint density at radius 1 is 0.513 bits per heavy atom. The van der Waals surface area contributed by atoms with Crippen LogP contribution >= 0.6 is 22.7 Å². The van der Waals surface area contributed by atoms with Gasteiger partial charge >= 0.3 is 17.8 Å². The highest BCUT2D eigenvalue weighted by Gasteiger charge is 2.80. The van der Waals surface area contributed by atoms with Crippen LogP contribution in [0.15, 0.2) is 84.9 Å². The minimum Gasteiger partial charge on any atom is -0.194 e. The molecule has 0 spiro atoms. The van der Waals surface area contributed by atoms with Crippen molar-refractivity contribution in [3.05, 3.63) is 106 Å².